The molecular formula is C23H21N3O2. The molecule has 0 unspecified atom stereocenters. The number of amides is 1. The van der Waals surface area contributed by atoms with Crippen molar-refractivity contribution in [2.45, 2.75) is 19.8 Å². The fourth-order valence-electron chi connectivity index (χ4n) is 3.17. The Hall–Kier alpha value is -3.60. The first-order chi connectivity index (χ1) is 13.7. The van der Waals surface area contributed by atoms with Crippen LogP contribution in [0.25, 0.3) is 22.6 Å². The summed E-state index contributed by atoms with van der Waals surface area (Å²) in [6, 6.07) is 21.5. The minimum absolute atomic E-state index is 0.0305. The predicted octanol–water partition coefficient (Wildman–Crippen LogP) is 5.22. The van der Waals surface area contributed by atoms with E-state index in [1.54, 1.807) is 6.26 Å². The van der Waals surface area contributed by atoms with Gasteiger partial charge in [-0.05, 0) is 43.2 Å². The van der Waals surface area contributed by atoms with Crippen LogP contribution in [0.15, 0.2) is 77.4 Å². The molecule has 0 saturated heterocycles. The zero-order chi connectivity index (χ0) is 19.3. The molecule has 0 bridgehead atoms. The van der Waals surface area contributed by atoms with Crippen LogP contribution >= 0.6 is 0 Å². The number of aromatic nitrogens is 2. The number of nitrogens with one attached hydrogen (secondary N) is 2. The summed E-state index contributed by atoms with van der Waals surface area (Å²) in [6.07, 6.45) is 2.54. The molecule has 0 atom stereocenters. The van der Waals surface area contributed by atoms with Crippen molar-refractivity contribution in [3.8, 4) is 22.6 Å². The third kappa shape index (κ3) is 3.88. The van der Waals surface area contributed by atoms with E-state index in [2.05, 4.69) is 15.5 Å². The second-order valence-corrected chi connectivity index (χ2v) is 6.68. The van der Waals surface area contributed by atoms with Crippen LogP contribution in [0.5, 0.6) is 0 Å². The van der Waals surface area contributed by atoms with Crippen molar-refractivity contribution < 1.29 is 9.21 Å². The van der Waals surface area contributed by atoms with E-state index in [0.29, 0.717) is 18.6 Å². The maximum absolute atomic E-state index is 12.4. The zero-order valence-electron chi connectivity index (χ0n) is 15.6. The van der Waals surface area contributed by atoms with Crippen molar-refractivity contribution >= 4 is 11.6 Å². The van der Waals surface area contributed by atoms with Crippen molar-refractivity contribution in [2.75, 3.05) is 5.32 Å². The van der Waals surface area contributed by atoms with Gasteiger partial charge in [0.15, 0.2) is 5.76 Å². The molecule has 28 heavy (non-hydrogen) atoms. The highest BCUT2D eigenvalue weighted by molar-refractivity contribution is 5.91. The highest BCUT2D eigenvalue weighted by Crippen LogP contribution is 2.34. The van der Waals surface area contributed by atoms with Gasteiger partial charge in [0, 0.05) is 23.4 Å². The van der Waals surface area contributed by atoms with Gasteiger partial charge in [0.25, 0.3) is 0 Å². The van der Waals surface area contributed by atoms with Gasteiger partial charge in [0.05, 0.1) is 6.26 Å². The molecule has 2 aromatic carbocycles. The van der Waals surface area contributed by atoms with Gasteiger partial charge < -0.3 is 9.73 Å². The van der Waals surface area contributed by atoms with Crippen LogP contribution in [-0.2, 0) is 11.2 Å². The molecule has 0 spiro atoms. The molecule has 4 aromatic rings. The summed E-state index contributed by atoms with van der Waals surface area (Å²) in [7, 11) is 0. The molecule has 140 valence electrons. The highest BCUT2D eigenvalue weighted by atomic mass is 16.3. The summed E-state index contributed by atoms with van der Waals surface area (Å²) in [4.78, 5) is 12.4. The summed E-state index contributed by atoms with van der Waals surface area (Å²) in [6.45, 7) is 2.02. The molecule has 5 nitrogen and oxygen atoms in total. The molecule has 0 aliphatic rings. The minimum atomic E-state index is -0.0305. The Morgan fingerprint density at radius 2 is 1.82 bits per heavy atom. The van der Waals surface area contributed by atoms with Gasteiger partial charge in [-0.15, -0.1) is 0 Å². The number of carbonyl (C=O) groups is 1. The first-order valence-corrected chi connectivity index (χ1v) is 9.24. The van der Waals surface area contributed by atoms with Crippen molar-refractivity contribution in [1.29, 1.82) is 0 Å². The van der Waals surface area contributed by atoms with Crippen LogP contribution in [0.3, 0.4) is 0 Å². The van der Waals surface area contributed by atoms with Crippen LogP contribution in [0, 0.1) is 6.92 Å². The van der Waals surface area contributed by atoms with Crippen LogP contribution < -0.4 is 5.32 Å². The molecule has 2 N–H and O–H groups in total. The first kappa shape index (κ1) is 17.8. The number of benzene rings is 2. The number of anilines is 1. The Bertz CT molecular complexity index is 1050. The summed E-state index contributed by atoms with van der Waals surface area (Å²) in [5.74, 6) is 0.669. The predicted molar refractivity (Wildman–Crippen MR) is 110 cm³/mol. The SMILES string of the molecule is Cc1ccc(NC(=O)CCc2[nH]nc(-c3ccco3)c2-c2ccccc2)cc1. The Kier molecular flexibility index (Phi) is 5.06. The Morgan fingerprint density at radius 1 is 1.04 bits per heavy atom. The summed E-state index contributed by atoms with van der Waals surface area (Å²) >= 11 is 0. The van der Waals surface area contributed by atoms with Crippen LogP contribution in [0.1, 0.15) is 17.7 Å². The van der Waals surface area contributed by atoms with E-state index in [9.17, 15) is 4.79 Å². The van der Waals surface area contributed by atoms with Gasteiger partial charge in [-0.1, -0.05) is 48.0 Å². The lowest BCUT2D eigenvalue weighted by molar-refractivity contribution is -0.116. The van der Waals surface area contributed by atoms with Gasteiger partial charge >= 0.3 is 0 Å². The maximum atomic E-state index is 12.4. The highest BCUT2D eigenvalue weighted by Gasteiger charge is 2.19. The molecule has 0 saturated carbocycles. The van der Waals surface area contributed by atoms with E-state index in [1.807, 2.05) is 73.7 Å². The van der Waals surface area contributed by atoms with Gasteiger partial charge in [-0.25, -0.2) is 0 Å². The first-order valence-electron chi connectivity index (χ1n) is 9.24. The number of hydrogen-bond acceptors (Lipinski definition) is 3. The molecular weight excluding hydrogens is 350 g/mol. The average molecular weight is 371 g/mol. The second-order valence-electron chi connectivity index (χ2n) is 6.68. The maximum Gasteiger partial charge on any atom is 0.224 e. The largest absolute Gasteiger partial charge is 0.463 e. The van der Waals surface area contributed by atoms with E-state index >= 15 is 0 Å². The lowest BCUT2D eigenvalue weighted by Crippen LogP contribution is -2.12. The number of aromatic amines is 1. The van der Waals surface area contributed by atoms with Crippen molar-refractivity contribution in [3.05, 3.63) is 84.3 Å². The number of carbonyl (C=O) groups excluding carboxylic acids is 1. The number of aryl methyl sites for hydroxylation is 2. The molecule has 5 heteroatoms. The molecule has 1 amide bonds. The van der Waals surface area contributed by atoms with Gasteiger partial charge in [0.2, 0.25) is 5.91 Å². The lowest BCUT2D eigenvalue weighted by Gasteiger charge is -2.07. The smallest absolute Gasteiger partial charge is 0.224 e. The number of furan rings is 1. The number of hydrogen-bond donors (Lipinski definition) is 2. The Morgan fingerprint density at radius 3 is 2.54 bits per heavy atom. The van der Waals surface area contributed by atoms with Gasteiger partial charge in [-0.2, -0.15) is 5.10 Å². The van der Waals surface area contributed by atoms with E-state index in [1.165, 1.54) is 0 Å². The minimum Gasteiger partial charge on any atom is -0.463 e. The van der Waals surface area contributed by atoms with Gasteiger partial charge in [0.1, 0.15) is 5.69 Å². The normalized spacial score (nSPS) is 10.8. The molecule has 0 fully saturated rings. The van der Waals surface area contributed by atoms with Crippen LogP contribution in [-0.4, -0.2) is 16.1 Å². The standard InChI is InChI=1S/C23H21N3O2/c1-16-9-11-18(12-10-16)24-21(27)14-13-19-22(17-6-3-2-4-7-17)23(26-25-19)20-8-5-15-28-20/h2-12,15H,13-14H2,1H3,(H,24,27)(H,25,26). The Labute approximate surface area is 163 Å². The van der Waals surface area contributed by atoms with E-state index in [-0.39, 0.29) is 5.91 Å². The van der Waals surface area contributed by atoms with Crippen LogP contribution in [0.4, 0.5) is 5.69 Å². The third-order valence-corrected chi connectivity index (χ3v) is 4.60. The van der Waals surface area contributed by atoms with Crippen LogP contribution in [0.2, 0.25) is 0 Å². The Balaban J connectivity index is 1.54. The van der Waals surface area contributed by atoms with E-state index in [0.717, 1.165) is 33.8 Å². The van der Waals surface area contributed by atoms with E-state index < -0.39 is 0 Å². The quantitative estimate of drug-likeness (QED) is 0.488. The zero-order valence-corrected chi connectivity index (χ0v) is 15.6. The average Bonchev–Trinajstić information content (AvgIpc) is 3.38. The molecule has 0 radical (unpaired) electrons. The second kappa shape index (κ2) is 7.96. The molecule has 4 rings (SSSR count). The van der Waals surface area contributed by atoms with Gasteiger partial charge in [-0.3, -0.25) is 9.89 Å². The van der Waals surface area contributed by atoms with E-state index in [4.69, 9.17) is 4.42 Å². The van der Waals surface area contributed by atoms with Crippen molar-refractivity contribution in [2.24, 2.45) is 0 Å². The van der Waals surface area contributed by atoms with Crippen molar-refractivity contribution in [1.82, 2.24) is 10.2 Å². The summed E-state index contributed by atoms with van der Waals surface area (Å²) in [5.41, 5.74) is 5.64. The molecule has 0 aliphatic heterocycles. The monoisotopic (exact) mass is 371 g/mol. The fraction of sp³-hybridized carbons (Fsp3) is 0.130. The topological polar surface area (TPSA) is 70.9 Å². The molecule has 2 heterocycles. The summed E-state index contributed by atoms with van der Waals surface area (Å²) < 4.78 is 5.55. The fourth-order valence-corrected chi connectivity index (χ4v) is 3.17. The summed E-state index contributed by atoms with van der Waals surface area (Å²) in [5, 5.41) is 10.5. The van der Waals surface area contributed by atoms with Crippen molar-refractivity contribution in [3.63, 3.8) is 0 Å². The number of H-pyrrole nitrogens is 1. The number of rotatable bonds is 6. The molecule has 2 aromatic heterocycles. The lowest BCUT2D eigenvalue weighted by atomic mass is 9.99. The molecule has 0 aliphatic carbocycles. The number of nitrogens with zero attached hydrogens (tertiary/aromatic N) is 1. The third-order valence-electron chi connectivity index (χ3n) is 4.60.